The molecule has 116 valence electrons. The summed E-state index contributed by atoms with van der Waals surface area (Å²) in [4.78, 5) is 11.2. The summed E-state index contributed by atoms with van der Waals surface area (Å²) in [6.45, 7) is 0. The lowest BCUT2D eigenvalue weighted by atomic mass is 9.96. The van der Waals surface area contributed by atoms with Crippen LogP contribution in [0.4, 0.5) is 5.69 Å². The van der Waals surface area contributed by atoms with Gasteiger partial charge in [-0.3, -0.25) is 9.52 Å². The monoisotopic (exact) mass is 333 g/mol. The molecule has 1 saturated carbocycles. The first-order valence-corrected chi connectivity index (χ1v) is 9.78. The van der Waals surface area contributed by atoms with E-state index in [9.17, 15) is 21.6 Å². The second-order valence-corrected chi connectivity index (χ2v) is 9.45. The lowest BCUT2D eigenvalue weighted by Gasteiger charge is -2.12. The van der Waals surface area contributed by atoms with Crippen LogP contribution < -0.4 is 4.72 Å². The zero-order chi connectivity index (χ0) is 15.9. The maximum Gasteiger partial charge on any atom is 0.314 e. The van der Waals surface area contributed by atoms with E-state index in [4.69, 9.17) is 5.11 Å². The van der Waals surface area contributed by atoms with Crippen molar-refractivity contribution in [2.75, 3.05) is 16.1 Å². The molecular weight excluding hydrogens is 318 g/mol. The normalized spacial score (nSPS) is 17.2. The molecule has 0 aliphatic heterocycles. The molecule has 7 nitrogen and oxygen atoms in total. The Bertz CT molecular complexity index is 760. The maximum absolute atomic E-state index is 11.6. The number of hydrogen-bond donors (Lipinski definition) is 2. The van der Waals surface area contributed by atoms with Gasteiger partial charge in [-0.2, -0.15) is 0 Å². The average Bonchev–Trinajstić information content (AvgIpc) is 3.06. The Hall–Kier alpha value is -1.61. The quantitative estimate of drug-likeness (QED) is 0.785. The van der Waals surface area contributed by atoms with Crippen LogP contribution in [0.25, 0.3) is 0 Å². The SMILES string of the molecule is CS(=O)(=O)CS(=O)(=O)Nc1ccc(C2(C(=O)O)CC2)cc1. The van der Waals surface area contributed by atoms with E-state index in [1.807, 2.05) is 0 Å². The van der Waals surface area contributed by atoms with Gasteiger partial charge >= 0.3 is 5.97 Å². The number of anilines is 1. The molecule has 0 bridgehead atoms. The predicted molar refractivity (Wildman–Crippen MR) is 77.2 cm³/mol. The molecule has 1 fully saturated rings. The van der Waals surface area contributed by atoms with Gasteiger partial charge in [-0.05, 0) is 30.5 Å². The van der Waals surface area contributed by atoms with E-state index < -0.39 is 36.3 Å². The number of carboxylic acid groups (broad SMARTS) is 1. The van der Waals surface area contributed by atoms with Gasteiger partial charge in [-0.25, -0.2) is 16.8 Å². The molecule has 21 heavy (non-hydrogen) atoms. The Kier molecular flexibility index (Phi) is 3.75. The number of nitrogens with one attached hydrogen (secondary N) is 1. The molecular formula is C12H15NO6S2. The highest BCUT2D eigenvalue weighted by Crippen LogP contribution is 2.48. The van der Waals surface area contributed by atoms with E-state index >= 15 is 0 Å². The van der Waals surface area contributed by atoms with Gasteiger partial charge in [0.25, 0.3) is 0 Å². The van der Waals surface area contributed by atoms with Crippen LogP contribution in [0.1, 0.15) is 18.4 Å². The third-order valence-corrected chi connectivity index (χ3v) is 6.74. The smallest absolute Gasteiger partial charge is 0.314 e. The Labute approximate surface area is 123 Å². The van der Waals surface area contributed by atoms with Crippen LogP contribution in [0, 0.1) is 0 Å². The summed E-state index contributed by atoms with van der Waals surface area (Å²) in [5.41, 5.74) is -0.0471. The van der Waals surface area contributed by atoms with Gasteiger partial charge in [0, 0.05) is 11.9 Å². The summed E-state index contributed by atoms with van der Waals surface area (Å²) in [5, 5.41) is 8.16. The molecule has 0 unspecified atom stereocenters. The molecule has 1 aromatic rings. The van der Waals surface area contributed by atoms with E-state index in [1.54, 1.807) is 12.1 Å². The van der Waals surface area contributed by atoms with Gasteiger partial charge < -0.3 is 5.11 Å². The minimum atomic E-state index is -4.00. The Morgan fingerprint density at radius 1 is 1.19 bits per heavy atom. The highest BCUT2D eigenvalue weighted by atomic mass is 32.3. The fourth-order valence-electron chi connectivity index (χ4n) is 2.10. The number of rotatable bonds is 6. The zero-order valence-corrected chi connectivity index (χ0v) is 12.9. The minimum absolute atomic E-state index is 0.198. The van der Waals surface area contributed by atoms with Crippen LogP contribution in [-0.2, 0) is 30.1 Å². The van der Waals surface area contributed by atoms with Crippen molar-refractivity contribution < 1.29 is 26.7 Å². The molecule has 0 heterocycles. The third kappa shape index (κ3) is 3.73. The van der Waals surface area contributed by atoms with Gasteiger partial charge in [0.1, 0.15) is 0 Å². The molecule has 1 aromatic carbocycles. The standard InChI is InChI=1S/C12H15NO6S2/c1-20(16,17)8-21(18,19)13-10-4-2-9(3-5-10)12(6-7-12)11(14)15/h2-5,13H,6-8H2,1H3,(H,14,15). The van der Waals surface area contributed by atoms with Gasteiger partial charge in [-0.1, -0.05) is 12.1 Å². The highest BCUT2D eigenvalue weighted by Gasteiger charge is 2.51. The van der Waals surface area contributed by atoms with Gasteiger partial charge in [0.15, 0.2) is 14.9 Å². The summed E-state index contributed by atoms with van der Waals surface area (Å²) >= 11 is 0. The third-order valence-electron chi connectivity index (χ3n) is 3.24. The topological polar surface area (TPSA) is 118 Å². The Morgan fingerprint density at radius 3 is 2.10 bits per heavy atom. The number of carbonyl (C=O) groups is 1. The number of aliphatic carboxylic acids is 1. The molecule has 1 aliphatic rings. The molecule has 0 amide bonds. The number of benzene rings is 1. The first kappa shape index (κ1) is 15.8. The van der Waals surface area contributed by atoms with Crippen molar-refractivity contribution in [3.8, 4) is 0 Å². The Morgan fingerprint density at radius 2 is 1.71 bits per heavy atom. The molecule has 9 heteroatoms. The van der Waals surface area contributed by atoms with Gasteiger partial charge in [-0.15, -0.1) is 0 Å². The van der Waals surface area contributed by atoms with Crippen LogP contribution in [0.5, 0.6) is 0 Å². The van der Waals surface area contributed by atoms with E-state index in [2.05, 4.69) is 4.72 Å². The molecule has 1 aliphatic carbocycles. The minimum Gasteiger partial charge on any atom is -0.481 e. The summed E-state index contributed by atoms with van der Waals surface area (Å²) in [6, 6.07) is 5.94. The second kappa shape index (κ2) is 4.99. The van der Waals surface area contributed by atoms with E-state index in [0.29, 0.717) is 18.4 Å². The van der Waals surface area contributed by atoms with Crippen LogP contribution >= 0.6 is 0 Å². The first-order chi connectivity index (χ1) is 9.54. The van der Waals surface area contributed by atoms with Crippen molar-refractivity contribution in [2.24, 2.45) is 0 Å². The lowest BCUT2D eigenvalue weighted by molar-refractivity contribution is -0.140. The second-order valence-electron chi connectivity index (χ2n) is 5.23. The molecule has 0 aromatic heterocycles. The molecule has 0 atom stereocenters. The number of hydrogen-bond acceptors (Lipinski definition) is 5. The summed E-state index contributed by atoms with van der Waals surface area (Å²) in [7, 11) is -7.66. The van der Waals surface area contributed by atoms with Crippen molar-refractivity contribution in [1.29, 1.82) is 0 Å². The number of carboxylic acids is 1. The van der Waals surface area contributed by atoms with Crippen molar-refractivity contribution in [2.45, 2.75) is 18.3 Å². The van der Waals surface area contributed by atoms with Crippen molar-refractivity contribution in [1.82, 2.24) is 0 Å². The van der Waals surface area contributed by atoms with Gasteiger partial charge in [0.2, 0.25) is 10.0 Å². The average molecular weight is 333 g/mol. The molecule has 2 N–H and O–H groups in total. The number of sulfonamides is 1. The zero-order valence-electron chi connectivity index (χ0n) is 11.2. The molecule has 0 saturated heterocycles. The van der Waals surface area contributed by atoms with Crippen LogP contribution in [-0.4, -0.2) is 39.3 Å². The fraction of sp³-hybridized carbons (Fsp3) is 0.417. The summed E-state index contributed by atoms with van der Waals surface area (Å²) < 4.78 is 47.5. The van der Waals surface area contributed by atoms with Crippen LogP contribution in [0.3, 0.4) is 0 Å². The lowest BCUT2D eigenvalue weighted by Crippen LogP contribution is -2.22. The highest BCUT2D eigenvalue weighted by molar-refractivity contribution is 8.08. The maximum atomic E-state index is 11.6. The molecule has 0 radical (unpaired) electrons. The largest absolute Gasteiger partial charge is 0.481 e. The van der Waals surface area contributed by atoms with Crippen LogP contribution in [0.2, 0.25) is 0 Å². The fourth-order valence-corrected chi connectivity index (χ4v) is 5.08. The van der Waals surface area contributed by atoms with Crippen molar-refractivity contribution in [3.63, 3.8) is 0 Å². The molecule has 0 spiro atoms. The predicted octanol–water partition coefficient (Wildman–Crippen LogP) is 0.547. The van der Waals surface area contributed by atoms with E-state index in [0.717, 1.165) is 6.26 Å². The molecule has 2 rings (SSSR count). The van der Waals surface area contributed by atoms with E-state index in [-0.39, 0.29) is 5.69 Å². The van der Waals surface area contributed by atoms with Crippen molar-refractivity contribution in [3.05, 3.63) is 29.8 Å². The number of sulfone groups is 1. The van der Waals surface area contributed by atoms with Crippen molar-refractivity contribution >= 4 is 31.5 Å². The summed E-state index contributed by atoms with van der Waals surface area (Å²) in [6.07, 6.45) is 1.95. The summed E-state index contributed by atoms with van der Waals surface area (Å²) in [5.74, 6) is -0.895. The van der Waals surface area contributed by atoms with E-state index in [1.165, 1.54) is 12.1 Å². The first-order valence-electron chi connectivity index (χ1n) is 6.06. The van der Waals surface area contributed by atoms with Gasteiger partial charge in [0.05, 0.1) is 5.41 Å². The van der Waals surface area contributed by atoms with Crippen LogP contribution in [0.15, 0.2) is 24.3 Å². The Balaban J connectivity index is 2.16.